The Morgan fingerprint density at radius 2 is 1.91 bits per heavy atom. The predicted molar refractivity (Wildman–Crippen MR) is 88.1 cm³/mol. The summed E-state index contributed by atoms with van der Waals surface area (Å²) in [6.07, 6.45) is 1.73. The predicted octanol–water partition coefficient (Wildman–Crippen LogP) is 2.99. The number of halogens is 3. The van der Waals surface area contributed by atoms with Crippen molar-refractivity contribution in [2.75, 3.05) is 13.1 Å². The van der Waals surface area contributed by atoms with Crippen molar-refractivity contribution >= 4 is 29.7 Å². The third-order valence-electron chi connectivity index (χ3n) is 3.59. The Labute approximate surface area is 142 Å². The molecule has 124 valence electrons. The summed E-state index contributed by atoms with van der Waals surface area (Å²) < 4.78 is 27.5. The molecule has 0 spiro atoms. The number of thiazole rings is 1. The molecule has 2 N–H and O–H groups in total. The highest BCUT2D eigenvalue weighted by atomic mass is 35.5. The van der Waals surface area contributed by atoms with Gasteiger partial charge in [-0.2, -0.15) is 0 Å². The molecule has 1 saturated heterocycles. The molecule has 1 aromatic carbocycles. The zero-order valence-corrected chi connectivity index (χ0v) is 13.8. The molecule has 0 unspecified atom stereocenters. The minimum Gasteiger partial charge on any atom is -0.348 e. The van der Waals surface area contributed by atoms with E-state index in [2.05, 4.69) is 15.6 Å². The average Bonchev–Trinajstić information content (AvgIpc) is 2.98. The summed E-state index contributed by atoms with van der Waals surface area (Å²) in [5, 5.41) is 7.82. The Kier molecular flexibility index (Phi) is 6.04. The molecule has 0 bridgehead atoms. The fraction of sp³-hybridized carbons (Fsp3) is 0.333. The SMILES string of the molecule is Cl.O=C(NC1CCNCC1)c1csc(-c2c(F)cccc2F)n1. The van der Waals surface area contributed by atoms with Crippen LogP contribution in [0.2, 0.25) is 0 Å². The van der Waals surface area contributed by atoms with Gasteiger partial charge in [-0.05, 0) is 38.1 Å². The van der Waals surface area contributed by atoms with Gasteiger partial charge in [-0.1, -0.05) is 6.07 Å². The van der Waals surface area contributed by atoms with Crippen LogP contribution in [0.25, 0.3) is 10.6 Å². The molecule has 0 aliphatic carbocycles. The second-order valence-corrected chi connectivity index (χ2v) is 5.99. The molecule has 8 heteroatoms. The van der Waals surface area contributed by atoms with Crippen LogP contribution < -0.4 is 10.6 Å². The van der Waals surface area contributed by atoms with Gasteiger partial charge in [0.15, 0.2) is 0 Å². The molecule has 3 rings (SSSR count). The van der Waals surface area contributed by atoms with E-state index >= 15 is 0 Å². The first-order chi connectivity index (χ1) is 10.6. The summed E-state index contributed by atoms with van der Waals surface area (Å²) in [6, 6.07) is 3.76. The van der Waals surface area contributed by atoms with Crippen molar-refractivity contribution in [3.63, 3.8) is 0 Å². The monoisotopic (exact) mass is 359 g/mol. The van der Waals surface area contributed by atoms with Crippen LogP contribution in [0.5, 0.6) is 0 Å². The number of hydrogen-bond donors (Lipinski definition) is 2. The van der Waals surface area contributed by atoms with Crippen LogP contribution in [0.4, 0.5) is 8.78 Å². The molecule has 4 nitrogen and oxygen atoms in total. The van der Waals surface area contributed by atoms with Crippen LogP contribution >= 0.6 is 23.7 Å². The van der Waals surface area contributed by atoms with E-state index in [1.807, 2.05) is 0 Å². The summed E-state index contributed by atoms with van der Waals surface area (Å²) >= 11 is 1.06. The van der Waals surface area contributed by atoms with E-state index < -0.39 is 11.6 Å². The fourth-order valence-corrected chi connectivity index (χ4v) is 3.27. The van der Waals surface area contributed by atoms with Crippen LogP contribution in [0.1, 0.15) is 23.3 Å². The molecular weight excluding hydrogens is 344 g/mol. The zero-order chi connectivity index (χ0) is 15.5. The number of nitrogens with zero attached hydrogens (tertiary/aromatic N) is 1. The summed E-state index contributed by atoms with van der Waals surface area (Å²) in [7, 11) is 0. The first-order valence-electron chi connectivity index (χ1n) is 7.06. The molecule has 0 atom stereocenters. The van der Waals surface area contributed by atoms with Gasteiger partial charge in [0.05, 0.1) is 5.56 Å². The number of carbonyl (C=O) groups is 1. The van der Waals surface area contributed by atoms with Gasteiger partial charge < -0.3 is 10.6 Å². The number of aromatic nitrogens is 1. The number of hydrogen-bond acceptors (Lipinski definition) is 4. The van der Waals surface area contributed by atoms with Crippen molar-refractivity contribution in [1.82, 2.24) is 15.6 Å². The lowest BCUT2D eigenvalue weighted by Gasteiger charge is -2.23. The lowest BCUT2D eigenvalue weighted by molar-refractivity contribution is 0.0925. The molecule has 1 aliphatic heterocycles. The smallest absolute Gasteiger partial charge is 0.270 e. The van der Waals surface area contributed by atoms with Gasteiger partial charge in [0, 0.05) is 11.4 Å². The molecule has 1 aliphatic rings. The van der Waals surface area contributed by atoms with Crippen molar-refractivity contribution in [2.45, 2.75) is 18.9 Å². The standard InChI is InChI=1S/C15H15F2N3OS.ClH/c16-10-2-1-3-11(17)13(10)15-20-12(8-22-15)14(21)19-9-4-6-18-7-5-9;/h1-3,8-9,18H,4-7H2,(H,19,21);1H. The summed E-state index contributed by atoms with van der Waals surface area (Å²) in [5.74, 6) is -1.66. The molecule has 1 aromatic heterocycles. The number of benzene rings is 1. The topological polar surface area (TPSA) is 54.0 Å². The van der Waals surface area contributed by atoms with E-state index in [4.69, 9.17) is 0 Å². The Morgan fingerprint density at radius 1 is 1.26 bits per heavy atom. The highest BCUT2D eigenvalue weighted by Crippen LogP contribution is 2.28. The quantitative estimate of drug-likeness (QED) is 0.885. The summed E-state index contributed by atoms with van der Waals surface area (Å²) in [6.45, 7) is 1.74. The summed E-state index contributed by atoms with van der Waals surface area (Å²) in [4.78, 5) is 16.2. The summed E-state index contributed by atoms with van der Waals surface area (Å²) in [5.41, 5.74) is 0.00889. The first kappa shape index (κ1) is 17.8. The largest absolute Gasteiger partial charge is 0.348 e. The molecule has 1 fully saturated rings. The van der Waals surface area contributed by atoms with Gasteiger partial charge >= 0.3 is 0 Å². The molecule has 1 amide bonds. The second-order valence-electron chi connectivity index (χ2n) is 5.13. The number of piperidine rings is 1. The number of nitrogens with one attached hydrogen (secondary N) is 2. The number of amides is 1. The van der Waals surface area contributed by atoms with E-state index in [9.17, 15) is 13.6 Å². The fourth-order valence-electron chi connectivity index (χ4n) is 2.42. The van der Waals surface area contributed by atoms with E-state index in [0.717, 1.165) is 37.3 Å². The maximum atomic E-state index is 13.7. The number of rotatable bonds is 3. The number of carbonyl (C=O) groups excluding carboxylic acids is 1. The van der Waals surface area contributed by atoms with Crippen molar-refractivity contribution < 1.29 is 13.6 Å². The van der Waals surface area contributed by atoms with Crippen LogP contribution in [-0.2, 0) is 0 Å². The van der Waals surface area contributed by atoms with E-state index in [-0.39, 0.29) is 40.6 Å². The van der Waals surface area contributed by atoms with Gasteiger partial charge in [0.25, 0.3) is 5.91 Å². The van der Waals surface area contributed by atoms with Crippen molar-refractivity contribution in [1.29, 1.82) is 0 Å². The van der Waals surface area contributed by atoms with Crippen molar-refractivity contribution in [2.24, 2.45) is 0 Å². The third-order valence-corrected chi connectivity index (χ3v) is 4.45. The highest BCUT2D eigenvalue weighted by molar-refractivity contribution is 7.13. The Bertz CT molecular complexity index is 669. The minimum absolute atomic E-state index is 0. The van der Waals surface area contributed by atoms with Crippen LogP contribution in [0, 0.1) is 11.6 Å². The Balaban J connectivity index is 0.00000192. The minimum atomic E-state index is -0.681. The van der Waals surface area contributed by atoms with Crippen LogP contribution in [0.15, 0.2) is 23.6 Å². The molecule has 2 heterocycles. The maximum absolute atomic E-state index is 13.7. The Hall–Kier alpha value is -1.57. The van der Waals surface area contributed by atoms with Gasteiger partial charge in [-0.15, -0.1) is 23.7 Å². The van der Waals surface area contributed by atoms with E-state index in [1.54, 1.807) is 0 Å². The molecule has 23 heavy (non-hydrogen) atoms. The van der Waals surface area contributed by atoms with E-state index in [0.29, 0.717) is 0 Å². The lowest BCUT2D eigenvalue weighted by atomic mass is 10.1. The van der Waals surface area contributed by atoms with E-state index in [1.165, 1.54) is 23.6 Å². The van der Waals surface area contributed by atoms with Crippen LogP contribution in [-0.4, -0.2) is 30.0 Å². The van der Waals surface area contributed by atoms with Gasteiger partial charge in [-0.25, -0.2) is 13.8 Å². The lowest BCUT2D eigenvalue weighted by Crippen LogP contribution is -2.42. The average molecular weight is 360 g/mol. The van der Waals surface area contributed by atoms with Gasteiger partial charge in [0.2, 0.25) is 0 Å². The third kappa shape index (κ3) is 4.04. The molecule has 0 saturated carbocycles. The highest BCUT2D eigenvalue weighted by Gasteiger charge is 2.20. The first-order valence-corrected chi connectivity index (χ1v) is 7.94. The molecule has 0 radical (unpaired) electrons. The van der Waals surface area contributed by atoms with Gasteiger partial charge in [0.1, 0.15) is 22.3 Å². The van der Waals surface area contributed by atoms with Gasteiger partial charge in [-0.3, -0.25) is 4.79 Å². The van der Waals surface area contributed by atoms with Crippen LogP contribution in [0.3, 0.4) is 0 Å². The Morgan fingerprint density at radius 3 is 2.57 bits per heavy atom. The molecular formula is C15H16ClF2N3OS. The normalized spacial score (nSPS) is 15.0. The second kappa shape index (κ2) is 7.81. The van der Waals surface area contributed by atoms with Crippen molar-refractivity contribution in [3.8, 4) is 10.6 Å². The maximum Gasteiger partial charge on any atom is 0.270 e. The molecule has 2 aromatic rings. The van der Waals surface area contributed by atoms with Crippen molar-refractivity contribution in [3.05, 3.63) is 40.9 Å². The zero-order valence-electron chi connectivity index (χ0n) is 12.1.